The van der Waals surface area contributed by atoms with Crippen LogP contribution in [0.1, 0.15) is 10.4 Å². The Kier molecular flexibility index (Phi) is 5.92. The molecule has 26 heavy (non-hydrogen) atoms. The monoisotopic (exact) mass is 410 g/mol. The first-order valence-electron chi connectivity index (χ1n) is 7.17. The zero-order chi connectivity index (χ0) is 16.7. The van der Waals surface area contributed by atoms with Gasteiger partial charge < -0.3 is 15.3 Å². The summed E-state index contributed by atoms with van der Waals surface area (Å²) < 4.78 is 0. The van der Waals surface area contributed by atoms with E-state index in [1.807, 2.05) is 6.07 Å². The molecule has 0 atom stereocenters. The van der Waals surface area contributed by atoms with Crippen molar-refractivity contribution in [1.82, 2.24) is 15.0 Å². The van der Waals surface area contributed by atoms with Crippen LogP contribution in [-0.4, -0.2) is 20.9 Å². The summed E-state index contributed by atoms with van der Waals surface area (Å²) in [6.45, 7) is 0. The number of hydrogen-bond donors (Lipinski definition) is 3. The third kappa shape index (κ3) is 3.26. The van der Waals surface area contributed by atoms with E-state index in [2.05, 4.69) is 20.3 Å². The van der Waals surface area contributed by atoms with E-state index in [-0.39, 0.29) is 35.5 Å². The Hall–Kier alpha value is -2.54. The second kappa shape index (κ2) is 7.78. The number of aromatic nitrogens is 3. The van der Waals surface area contributed by atoms with Crippen molar-refractivity contribution in [2.75, 3.05) is 5.32 Å². The number of aromatic amines is 2. The first-order chi connectivity index (χ1) is 11.6. The number of fused-ring (bicyclic) bond motifs is 3. The summed E-state index contributed by atoms with van der Waals surface area (Å²) >= 11 is 6.08. The minimum absolute atomic E-state index is 0. The average Bonchev–Trinajstić information content (AvgIpc) is 2.98. The Balaban J connectivity index is 0.00000121. The molecule has 3 aromatic heterocycles. The second-order valence-electron chi connectivity index (χ2n) is 5.28. The number of nitrogens with zero attached hydrogens (tertiary/aromatic N) is 1. The van der Waals surface area contributed by atoms with E-state index in [1.165, 1.54) is 6.20 Å². The predicted molar refractivity (Wildman–Crippen MR) is 108 cm³/mol. The number of amides is 1. The van der Waals surface area contributed by atoms with Crippen LogP contribution in [0.25, 0.3) is 21.8 Å². The molecule has 0 aliphatic carbocycles. The lowest BCUT2D eigenvalue weighted by molar-refractivity contribution is 0.102. The standard InChI is InChI=1S/C17H11ClN4O2.2ClH/c18-12-6-11-10-3-5-20-8-13(10)21-14(11)15(16(12)23)22-17(24)9-2-1-4-19-7-9;;/h1-8,20-21H,(H,22,24);2*1H. The molecule has 0 saturated heterocycles. The fourth-order valence-corrected chi connectivity index (χ4v) is 2.88. The molecule has 3 N–H and O–H groups in total. The smallest absolute Gasteiger partial charge is 0.257 e. The van der Waals surface area contributed by atoms with Gasteiger partial charge in [-0.15, -0.1) is 24.8 Å². The van der Waals surface area contributed by atoms with Gasteiger partial charge in [0.2, 0.25) is 5.43 Å². The van der Waals surface area contributed by atoms with E-state index in [0.717, 1.165) is 16.3 Å². The van der Waals surface area contributed by atoms with Crippen molar-refractivity contribution in [3.05, 3.63) is 69.9 Å². The Bertz CT molecular complexity index is 1140. The van der Waals surface area contributed by atoms with Gasteiger partial charge in [0, 0.05) is 35.6 Å². The molecule has 0 fully saturated rings. The molecule has 134 valence electrons. The summed E-state index contributed by atoms with van der Waals surface area (Å²) in [4.78, 5) is 34.9. The van der Waals surface area contributed by atoms with Gasteiger partial charge in [0.15, 0.2) is 0 Å². The average molecular weight is 412 g/mol. The summed E-state index contributed by atoms with van der Waals surface area (Å²) in [6.07, 6.45) is 6.56. The van der Waals surface area contributed by atoms with Gasteiger partial charge in [-0.25, -0.2) is 0 Å². The lowest BCUT2D eigenvalue weighted by Crippen LogP contribution is -2.19. The number of hydrogen-bond acceptors (Lipinski definition) is 3. The molecule has 6 nitrogen and oxygen atoms in total. The van der Waals surface area contributed by atoms with Crippen molar-refractivity contribution in [3.8, 4) is 0 Å². The van der Waals surface area contributed by atoms with E-state index in [1.54, 1.807) is 36.8 Å². The van der Waals surface area contributed by atoms with E-state index < -0.39 is 11.3 Å². The molecule has 4 aromatic rings. The number of nitrogens with one attached hydrogen (secondary N) is 3. The van der Waals surface area contributed by atoms with E-state index in [4.69, 9.17) is 11.6 Å². The first-order valence-corrected chi connectivity index (χ1v) is 7.55. The predicted octanol–water partition coefficient (Wildman–Crippen LogP) is 4.15. The molecule has 0 unspecified atom stereocenters. The van der Waals surface area contributed by atoms with Crippen LogP contribution in [0.2, 0.25) is 5.02 Å². The maximum absolute atomic E-state index is 12.4. The van der Waals surface area contributed by atoms with Crippen LogP contribution >= 0.6 is 36.4 Å². The molecule has 0 aliphatic heterocycles. The zero-order valence-corrected chi connectivity index (χ0v) is 15.5. The van der Waals surface area contributed by atoms with Gasteiger partial charge in [-0.2, -0.15) is 0 Å². The molecule has 1 amide bonds. The lowest BCUT2D eigenvalue weighted by Gasteiger charge is -2.06. The number of H-pyrrole nitrogens is 2. The zero-order valence-electron chi connectivity index (χ0n) is 13.1. The normalized spacial score (nSPS) is 10.2. The fraction of sp³-hybridized carbons (Fsp3) is 0. The van der Waals surface area contributed by atoms with Crippen LogP contribution in [0.15, 0.2) is 53.8 Å². The minimum atomic E-state index is -0.433. The molecule has 0 aliphatic rings. The topological polar surface area (TPSA) is 90.6 Å². The van der Waals surface area contributed by atoms with Crippen molar-refractivity contribution >= 4 is 69.8 Å². The molecule has 0 radical (unpaired) electrons. The summed E-state index contributed by atoms with van der Waals surface area (Å²) in [7, 11) is 0. The molecular formula is C17H13Cl3N4O2. The fourth-order valence-electron chi connectivity index (χ4n) is 2.68. The number of rotatable bonds is 2. The maximum Gasteiger partial charge on any atom is 0.257 e. The number of anilines is 1. The van der Waals surface area contributed by atoms with E-state index >= 15 is 0 Å². The van der Waals surface area contributed by atoms with Crippen molar-refractivity contribution in [2.45, 2.75) is 0 Å². The van der Waals surface area contributed by atoms with Gasteiger partial charge in [-0.3, -0.25) is 14.6 Å². The molecule has 0 saturated carbocycles. The molecule has 0 spiro atoms. The van der Waals surface area contributed by atoms with Crippen LogP contribution in [0.3, 0.4) is 0 Å². The van der Waals surface area contributed by atoms with Gasteiger partial charge in [0.1, 0.15) is 5.69 Å². The van der Waals surface area contributed by atoms with E-state index in [9.17, 15) is 9.59 Å². The van der Waals surface area contributed by atoms with Gasteiger partial charge in [0.05, 0.1) is 21.6 Å². The highest BCUT2D eigenvalue weighted by Crippen LogP contribution is 2.30. The molecule has 4 rings (SSSR count). The highest BCUT2D eigenvalue weighted by molar-refractivity contribution is 6.32. The third-order valence-corrected chi connectivity index (χ3v) is 4.09. The molecule has 3 heterocycles. The largest absolute Gasteiger partial charge is 0.366 e. The Morgan fingerprint density at radius 2 is 2.00 bits per heavy atom. The number of benzene rings is 1. The quantitative estimate of drug-likeness (QED) is 0.463. The van der Waals surface area contributed by atoms with Crippen LogP contribution in [0, 0.1) is 0 Å². The van der Waals surface area contributed by atoms with Gasteiger partial charge in [-0.05, 0) is 24.3 Å². The van der Waals surface area contributed by atoms with Crippen molar-refractivity contribution in [2.24, 2.45) is 0 Å². The van der Waals surface area contributed by atoms with Crippen molar-refractivity contribution < 1.29 is 4.79 Å². The molecule has 9 heteroatoms. The Morgan fingerprint density at radius 1 is 1.19 bits per heavy atom. The number of carbonyl (C=O) groups is 1. The van der Waals surface area contributed by atoms with Crippen LogP contribution in [-0.2, 0) is 0 Å². The summed E-state index contributed by atoms with van der Waals surface area (Å²) in [6, 6.07) is 6.76. The van der Waals surface area contributed by atoms with Gasteiger partial charge in [-0.1, -0.05) is 11.6 Å². The molecule has 1 aromatic carbocycles. The SMILES string of the molecule is Cl.Cl.O=C(Nc1c(=O)c(Cl)cc2c1[nH]c1c[nH]ccc12)c1cccnc1. The van der Waals surface area contributed by atoms with Crippen molar-refractivity contribution in [1.29, 1.82) is 0 Å². The Labute approximate surface area is 164 Å². The lowest BCUT2D eigenvalue weighted by atomic mass is 10.1. The maximum atomic E-state index is 12.4. The summed E-state index contributed by atoms with van der Waals surface area (Å²) in [5, 5.41) is 4.38. The molecule has 0 bridgehead atoms. The van der Waals surface area contributed by atoms with Crippen LogP contribution in [0.5, 0.6) is 0 Å². The number of carbonyl (C=O) groups excluding carboxylic acids is 1. The van der Waals surface area contributed by atoms with Gasteiger partial charge >= 0.3 is 0 Å². The third-order valence-electron chi connectivity index (χ3n) is 3.81. The molecular weight excluding hydrogens is 399 g/mol. The second-order valence-corrected chi connectivity index (χ2v) is 5.68. The number of pyridine rings is 2. The van der Waals surface area contributed by atoms with Crippen LogP contribution < -0.4 is 10.7 Å². The summed E-state index contributed by atoms with van der Waals surface area (Å²) in [5.41, 5.74) is 1.40. The van der Waals surface area contributed by atoms with Gasteiger partial charge in [0.25, 0.3) is 5.91 Å². The first kappa shape index (κ1) is 19.8. The highest BCUT2D eigenvalue weighted by atomic mass is 35.5. The Morgan fingerprint density at radius 3 is 2.73 bits per heavy atom. The van der Waals surface area contributed by atoms with Crippen LogP contribution in [0.4, 0.5) is 5.69 Å². The highest BCUT2D eigenvalue weighted by Gasteiger charge is 2.17. The number of halogens is 3. The minimum Gasteiger partial charge on any atom is -0.366 e. The van der Waals surface area contributed by atoms with Crippen molar-refractivity contribution in [3.63, 3.8) is 0 Å². The summed E-state index contributed by atoms with van der Waals surface area (Å²) in [5.74, 6) is -0.422. The van der Waals surface area contributed by atoms with E-state index in [0.29, 0.717) is 11.1 Å².